The quantitative estimate of drug-likeness (QED) is 0.581. The zero-order valence-electron chi connectivity index (χ0n) is 14.3. The van der Waals surface area contributed by atoms with Crippen molar-refractivity contribution in [3.8, 4) is 11.3 Å². The molecule has 0 spiro atoms. The van der Waals surface area contributed by atoms with Gasteiger partial charge < -0.3 is 5.32 Å². The van der Waals surface area contributed by atoms with Crippen LogP contribution in [0.1, 0.15) is 12.0 Å². The van der Waals surface area contributed by atoms with Crippen molar-refractivity contribution in [2.45, 2.75) is 19.9 Å². The lowest BCUT2D eigenvalue weighted by atomic mass is 10.1. The number of anilines is 1. The van der Waals surface area contributed by atoms with Crippen molar-refractivity contribution in [3.63, 3.8) is 0 Å². The number of carbonyl (C=O) groups excluding carboxylic acids is 1. The van der Waals surface area contributed by atoms with E-state index in [1.165, 1.54) is 5.56 Å². The molecule has 3 heterocycles. The van der Waals surface area contributed by atoms with Gasteiger partial charge in [-0.2, -0.15) is 10.2 Å². The first kappa shape index (κ1) is 16.0. The van der Waals surface area contributed by atoms with Crippen LogP contribution in [-0.4, -0.2) is 30.9 Å². The van der Waals surface area contributed by atoms with Gasteiger partial charge in [-0.3, -0.25) is 19.6 Å². The van der Waals surface area contributed by atoms with Crippen LogP contribution in [0.5, 0.6) is 0 Å². The molecule has 0 radical (unpaired) electrons. The summed E-state index contributed by atoms with van der Waals surface area (Å²) in [7, 11) is 0. The smallest absolute Gasteiger partial charge is 0.227 e. The fraction of sp³-hybridized carbons (Fsp3) is 0.158. The summed E-state index contributed by atoms with van der Waals surface area (Å²) in [6.07, 6.45) is 5.59. The maximum absolute atomic E-state index is 12.2. The van der Waals surface area contributed by atoms with Crippen LogP contribution in [0.2, 0.25) is 0 Å². The highest BCUT2D eigenvalue weighted by atomic mass is 16.1. The Morgan fingerprint density at radius 1 is 1.23 bits per heavy atom. The first-order chi connectivity index (χ1) is 12.7. The number of amides is 1. The summed E-state index contributed by atoms with van der Waals surface area (Å²) >= 11 is 0. The lowest BCUT2D eigenvalue weighted by Crippen LogP contribution is -2.15. The van der Waals surface area contributed by atoms with Gasteiger partial charge in [-0.1, -0.05) is 12.1 Å². The minimum Gasteiger partial charge on any atom is -0.309 e. The lowest BCUT2D eigenvalue weighted by Gasteiger charge is -2.04. The molecule has 1 amide bonds. The Kier molecular flexibility index (Phi) is 4.18. The highest BCUT2D eigenvalue weighted by Gasteiger charge is 2.10. The summed E-state index contributed by atoms with van der Waals surface area (Å²) in [6.45, 7) is 2.57. The van der Waals surface area contributed by atoms with Gasteiger partial charge in [0.25, 0.3) is 0 Å². The first-order valence-electron chi connectivity index (χ1n) is 8.37. The molecule has 0 fully saturated rings. The Morgan fingerprint density at radius 2 is 2.08 bits per heavy atom. The molecule has 0 aliphatic carbocycles. The normalized spacial score (nSPS) is 11.0. The molecule has 26 heavy (non-hydrogen) atoms. The largest absolute Gasteiger partial charge is 0.309 e. The van der Waals surface area contributed by atoms with Crippen LogP contribution in [0.4, 0.5) is 5.82 Å². The summed E-state index contributed by atoms with van der Waals surface area (Å²) in [5.74, 6) is 0.400. The van der Waals surface area contributed by atoms with Crippen molar-refractivity contribution in [1.82, 2.24) is 25.0 Å². The number of aromatic nitrogens is 5. The van der Waals surface area contributed by atoms with Crippen molar-refractivity contribution < 1.29 is 4.79 Å². The van der Waals surface area contributed by atoms with Crippen molar-refractivity contribution in [2.24, 2.45) is 0 Å². The monoisotopic (exact) mass is 346 g/mol. The van der Waals surface area contributed by atoms with E-state index in [0.717, 1.165) is 22.2 Å². The van der Waals surface area contributed by atoms with Gasteiger partial charge >= 0.3 is 0 Å². The second-order valence-corrected chi connectivity index (χ2v) is 6.08. The van der Waals surface area contributed by atoms with E-state index in [0.29, 0.717) is 18.8 Å². The van der Waals surface area contributed by atoms with E-state index >= 15 is 0 Å². The predicted molar refractivity (Wildman–Crippen MR) is 99.5 cm³/mol. The molecule has 4 rings (SSSR count). The number of H-pyrrole nitrogens is 1. The molecule has 0 unspecified atom stereocenters. The summed E-state index contributed by atoms with van der Waals surface area (Å²) in [5, 5.41) is 15.4. The van der Waals surface area contributed by atoms with Crippen LogP contribution in [0.25, 0.3) is 22.2 Å². The number of pyridine rings is 1. The van der Waals surface area contributed by atoms with E-state index in [9.17, 15) is 4.79 Å². The number of fused-ring (bicyclic) bond motifs is 1. The van der Waals surface area contributed by atoms with Crippen molar-refractivity contribution >= 4 is 22.6 Å². The molecule has 3 aromatic heterocycles. The van der Waals surface area contributed by atoms with Gasteiger partial charge in [0.2, 0.25) is 5.91 Å². The highest BCUT2D eigenvalue weighted by molar-refractivity contribution is 5.90. The van der Waals surface area contributed by atoms with E-state index < -0.39 is 0 Å². The molecule has 0 aliphatic rings. The number of aromatic amines is 1. The Bertz CT molecular complexity index is 1050. The zero-order chi connectivity index (χ0) is 17.9. The summed E-state index contributed by atoms with van der Waals surface area (Å²) in [4.78, 5) is 16.2. The molecule has 2 N–H and O–H groups in total. The van der Waals surface area contributed by atoms with Crippen molar-refractivity contribution in [2.75, 3.05) is 5.32 Å². The molecule has 0 atom stereocenters. The van der Waals surface area contributed by atoms with Gasteiger partial charge in [0.1, 0.15) is 0 Å². The Morgan fingerprint density at radius 3 is 2.92 bits per heavy atom. The average molecular weight is 346 g/mol. The molecule has 0 saturated heterocycles. The number of benzene rings is 1. The first-order valence-corrected chi connectivity index (χ1v) is 8.37. The minimum absolute atomic E-state index is 0.103. The molecule has 0 aliphatic heterocycles. The Labute approximate surface area is 150 Å². The Hall–Kier alpha value is -3.48. The van der Waals surface area contributed by atoms with Crippen LogP contribution < -0.4 is 5.32 Å². The maximum Gasteiger partial charge on any atom is 0.227 e. The Balaban J connectivity index is 1.40. The van der Waals surface area contributed by atoms with Crippen LogP contribution >= 0.6 is 0 Å². The SMILES string of the molecule is Cc1cccc2c1cnn2CCC(=O)Nc1cc(-c2ccncc2)[nH]n1. The number of carbonyl (C=O) groups is 1. The molecule has 130 valence electrons. The van der Waals surface area contributed by atoms with E-state index in [4.69, 9.17) is 0 Å². The third kappa shape index (κ3) is 3.19. The van der Waals surface area contributed by atoms with E-state index in [1.807, 2.05) is 35.1 Å². The fourth-order valence-corrected chi connectivity index (χ4v) is 2.90. The number of hydrogen-bond donors (Lipinski definition) is 2. The van der Waals surface area contributed by atoms with E-state index in [2.05, 4.69) is 38.6 Å². The van der Waals surface area contributed by atoms with E-state index in [1.54, 1.807) is 18.5 Å². The summed E-state index contributed by atoms with van der Waals surface area (Å²) in [5.41, 5.74) is 4.01. The summed E-state index contributed by atoms with van der Waals surface area (Å²) in [6, 6.07) is 11.6. The number of nitrogens with zero attached hydrogens (tertiary/aromatic N) is 4. The number of nitrogens with one attached hydrogen (secondary N) is 2. The average Bonchev–Trinajstić information content (AvgIpc) is 3.29. The van der Waals surface area contributed by atoms with Crippen molar-refractivity contribution in [3.05, 3.63) is 60.6 Å². The van der Waals surface area contributed by atoms with Crippen LogP contribution in [0.15, 0.2) is 55.0 Å². The lowest BCUT2D eigenvalue weighted by molar-refractivity contribution is -0.116. The second kappa shape index (κ2) is 6.79. The number of aryl methyl sites for hydroxylation is 2. The standard InChI is InChI=1S/C19H18N6O/c1-13-3-2-4-17-15(13)12-21-25(17)10-7-19(26)22-18-11-16(23-24-18)14-5-8-20-9-6-14/h2-6,8-9,11-12H,7,10H2,1H3,(H2,22,23,24,26). The second-order valence-electron chi connectivity index (χ2n) is 6.08. The molecule has 0 bridgehead atoms. The van der Waals surface area contributed by atoms with Gasteiger partial charge in [0.05, 0.1) is 24.0 Å². The van der Waals surface area contributed by atoms with Gasteiger partial charge in [-0.25, -0.2) is 0 Å². The number of rotatable bonds is 5. The molecule has 4 aromatic rings. The molecule has 7 nitrogen and oxygen atoms in total. The van der Waals surface area contributed by atoms with Gasteiger partial charge in [-0.05, 0) is 30.7 Å². The molecular weight excluding hydrogens is 328 g/mol. The maximum atomic E-state index is 12.2. The predicted octanol–water partition coefficient (Wildman–Crippen LogP) is 3.16. The molecule has 7 heteroatoms. The van der Waals surface area contributed by atoms with Crippen LogP contribution in [0.3, 0.4) is 0 Å². The van der Waals surface area contributed by atoms with Gasteiger partial charge in [0, 0.05) is 35.8 Å². The third-order valence-corrected chi connectivity index (χ3v) is 4.29. The van der Waals surface area contributed by atoms with E-state index in [-0.39, 0.29) is 5.91 Å². The fourth-order valence-electron chi connectivity index (χ4n) is 2.90. The van der Waals surface area contributed by atoms with Gasteiger partial charge in [0.15, 0.2) is 5.82 Å². The summed E-state index contributed by atoms with van der Waals surface area (Å²) < 4.78 is 1.86. The van der Waals surface area contributed by atoms with Crippen molar-refractivity contribution in [1.29, 1.82) is 0 Å². The van der Waals surface area contributed by atoms with Gasteiger partial charge in [-0.15, -0.1) is 0 Å². The molecular formula is C19H18N6O. The molecule has 0 saturated carbocycles. The van der Waals surface area contributed by atoms with Crippen LogP contribution in [-0.2, 0) is 11.3 Å². The highest BCUT2D eigenvalue weighted by Crippen LogP contribution is 2.19. The minimum atomic E-state index is -0.103. The topological polar surface area (TPSA) is 88.5 Å². The van der Waals surface area contributed by atoms with Crippen LogP contribution in [0, 0.1) is 6.92 Å². The zero-order valence-corrected chi connectivity index (χ0v) is 14.3. The third-order valence-electron chi connectivity index (χ3n) is 4.29. The molecule has 1 aromatic carbocycles. The number of hydrogen-bond acceptors (Lipinski definition) is 4.